The lowest BCUT2D eigenvalue weighted by Gasteiger charge is -2.50. The largest absolute Gasteiger partial charge is 0.543 e. The Balaban J connectivity index is 1.33. The van der Waals surface area contributed by atoms with E-state index in [0.29, 0.717) is 17.9 Å². The minimum absolute atomic E-state index is 0.0706. The Kier molecular flexibility index (Phi) is 6.92. The van der Waals surface area contributed by atoms with Crippen LogP contribution in [0.3, 0.4) is 0 Å². The molecule has 0 spiro atoms. The molecule has 2 aromatic rings. The van der Waals surface area contributed by atoms with Gasteiger partial charge in [-0.15, -0.1) is 23.1 Å². The van der Waals surface area contributed by atoms with Crippen LogP contribution in [-0.4, -0.2) is 56.7 Å². The number of fused-ring (bicyclic) bond motifs is 1. The highest BCUT2D eigenvalue weighted by molar-refractivity contribution is 8.00. The van der Waals surface area contributed by atoms with Crippen molar-refractivity contribution in [2.75, 3.05) is 11.5 Å². The molecular weight excluding hydrogens is 504 g/mol. The van der Waals surface area contributed by atoms with Gasteiger partial charge < -0.3 is 25.8 Å². The quantitative estimate of drug-likeness (QED) is 0.206. The topological polar surface area (TPSA) is 154 Å². The summed E-state index contributed by atoms with van der Waals surface area (Å²) in [5.74, 6) is -2.21. The Morgan fingerprint density at radius 2 is 2.03 bits per heavy atom. The summed E-state index contributed by atoms with van der Waals surface area (Å²) in [6.07, 6.45) is 7.35. The molecule has 3 aliphatic rings. The minimum Gasteiger partial charge on any atom is -0.543 e. The van der Waals surface area contributed by atoms with E-state index in [4.69, 9.17) is 10.6 Å². The van der Waals surface area contributed by atoms with Crippen LogP contribution in [0.25, 0.3) is 0 Å². The Hall–Kier alpha value is -3.45. The van der Waals surface area contributed by atoms with Crippen LogP contribution in [0.15, 0.2) is 52.4 Å². The number of thiazole rings is 1. The van der Waals surface area contributed by atoms with Crippen molar-refractivity contribution in [3.8, 4) is 0 Å². The molecule has 2 amide bonds. The lowest BCUT2D eigenvalue weighted by Crippen LogP contribution is -2.71. The number of carboxylic acids is 1. The molecular formula is C23H24N6O5S2. The number of nitrogen functional groups attached to an aromatic ring is 1. The second-order valence-electron chi connectivity index (χ2n) is 8.67. The second-order valence-corrected chi connectivity index (χ2v) is 10.7. The van der Waals surface area contributed by atoms with Crippen LogP contribution in [-0.2, 0) is 25.8 Å². The van der Waals surface area contributed by atoms with Crippen molar-refractivity contribution in [2.45, 2.75) is 49.7 Å². The van der Waals surface area contributed by atoms with Gasteiger partial charge >= 0.3 is 0 Å². The number of carbonyl (C=O) groups excluding carboxylic acids is 3. The standard InChI is InChI=1S/C23H24N6O5S2/c24-23-25-15(12-36-23)16(27-34-14-6-2-3-7-14)19(30)26-17-20(31)29-18(22(32)33)13(11-35-21(17)29)10-28-8-4-1-5-9-28/h1,4-5,8-9,12,14,17,21H,2-3,6-7,10-11H2,(H3-,24,25,26,30,32,33)/t17?,21-/m1/s1. The number of pyridine rings is 1. The first-order valence-electron chi connectivity index (χ1n) is 11.5. The molecule has 3 N–H and O–H groups in total. The molecule has 1 saturated heterocycles. The molecule has 1 unspecified atom stereocenters. The highest BCUT2D eigenvalue weighted by Gasteiger charge is 2.53. The number of β-lactam (4-membered cyclic amide) rings is 1. The molecule has 13 heteroatoms. The number of carbonyl (C=O) groups is 3. The van der Waals surface area contributed by atoms with E-state index in [9.17, 15) is 19.5 Å². The molecule has 2 aliphatic heterocycles. The number of hydrogen-bond acceptors (Lipinski definition) is 10. The second kappa shape index (κ2) is 10.3. The molecule has 11 nitrogen and oxygen atoms in total. The van der Waals surface area contributed by atoms with Gasteiger partial charge in [0.05, 0.1) is 11.7 Å². The first kappa shape index (κ1) is 24.3. The summed E-state index contributed by atoms with van der Waals surface area (Å²) < 4.78 is 1.83. The number of rotatable bonds is 8. The van der Waals surface area contributed by atoms with Crippen molar-refractivity contribution in [1.82, 2.24) is 15.2 Å². The smallest absolute Gasteiger partial charge is 0.276 e. The summed E-state index contributed by atoms with van der Waals surface area (Å²) >= 11 is 2.54. The molecule has 0 bridgehead atoms. The lowest BCUT2D eigenvalue weighted by atomic mass is 10.0. The predicted octanol–water partition coefficient (Wildman–Crippen LogP) is -0.220. The van der Waals surface area contributed by atoms with Gasteiger partial charge in [-0.2, -0.15) is 0 Å². The number of nitrogens with one attached hydrogen (secondary N) is 1. The van der Waals surface area contributed by atoms with Gasteiger partial charge in [0.2, 0.25) is 0 Å². The summed E-state index contributed by atoms with van der Waals surface area (Å²) in [5.41, 5.74) is 6.35. The zero-order valence-electron chi connectivity index (χ0n) is 19.2. The number of nitrogens with two attached hydrogens (primary N) is 1. The Morgan fingerprint density at radius 1 is 1.28 bits per heavy atom. The molecule has 188 valence electrons. The molecule has 2 fully saturated rings. The Bertz CT molecular complexity index is 1240. The molecule has 0 aromatic carbocycles. The Labute approximate surface area is 215 Å². The van der Waals surface area contributed by atoms with Gasteiger partial charge in [-0.3, -0.25) is 14.5 Å². The molecule has 1 saturated carbocycles. The van der Waals surface area contributed by atoms with Crippen molar-refractivity contribution in [1.29, 1.82) is 0 Å². The van der Waals surface area contributed by atoms with Crippen molar-refractivity contribution < 1.29 is 28.9 Å². The number of anilines is 1. The summed E-state index contributed by atoms with van der Waals surface area (Å²) in [6, 6.07) is 4.61. The van der Waals surface area contributed by atoms with Crippen LogP contribution in [0.4, 0.5) is 5.13 Å². The molecule has 2 aromatic heterocycles. The number of oxime groups is 1. The van der Waals surface area contributed by atoms with E-state index in [0.717, 1.165) is 37.0 Å². The zero-order valence-corrected chi connectivity index (χ0v) is 20.8. The van der Waals surface area contributed by atoms with Crippen molar-refractivity contribution in [3.05, 3.63) is 52.9 Å². The Morgan fingerprint density at radius 3 is 2.69 bits per heavy atom. The summed E-state index contributed by atoms with van der Waals surface area (Å²) in [6.45, 7) is 0.311. The van der Waals surface area contributed by atoms with E-state index in [1.54, 1.807) is 5.38 Å². The van der Waals surface area contributed by atoms with Gasteiger partial charge in [0.25, 0.3) is 11.8 Å². The minimum atomic E-state index is -1.42. The highest BCUT2D eigenvalue weighted by Crippen LogP contribution is 2.40. The van der Waals surface area contributed by atoms with E-state index >= 15 is 0 Å². The van der Waals surface area contributed by atoms with Gasteiger partial charge in [0.1, 0.15) is 23.2 Å². The fraction of sp³-hybridized carbons (Fsp3) is 0.391. The fourth-order valence-corrected chi connectivity index (χ4v) is 6.37. The number of carboxylic acid groups (broad SMARTS) is 1. The number of amides is 2. The summed E-state index contributed by atoms with van der Waals surface area (Å²) in [7, 11) is 0. The summed E-state index contributed by atoms with van der Waals surface area (Å²) in [4.78, 5) is 49.1. The van der Waals surface area contributed by atoms with Gasteiger partial charge in [-0.1, -0.05) is 11.2 Å². The van der Waals surface area contributed by atoms with E-state index in [1.807, 2.05) is 35.2 Å². The van der Waals surface area contributed by atoms with Gasteiger partial charge in [-0.05, 0) is 25.7 Å². The van der Waals surface area contributed by atoms with Crippen molar-refractivity contribution in [3.63, 3.8) is 0 Å². The lowest BCUT2D eigenvalue weighted by molar-refractivity contribution is -0.689. The number of aliphatic carboxylic acids is 1. The molecule has 2 atom stereocenters. The third-order valence-corrected chi connectivity index (χ3v) is 8.27. The fourth-order valence-electron chi connectivity index (χ4n) is 4.48. The number of nitrogens with zero attached hydrogens (tertiary/aromatic N) is 4. The van der Waals surface area contributed by atoms with E-state index in [-0.39, 0.29) is 28.3 Å². The van der Waals surface area contributed by atoms with Crippen LogP contribution in [0.2, 0.25) is 0 Å². The number of thioether (sulfide) groups is 1. The predicted molar refractivity (Wildman–Crippen MR) is 130 cm³/mol. The van der Waals surface area contributed by atoms with Gasteiger partial charge in [0.15, 0.2) is 29.8 Å². The average molecular weight is 529 g/mol. The van der Waals surface area contributed by atoms with Crippen LogP contribution < -0.4 is 20.7 Å². The maximum atomic E-state index is 13.2. The third-order valence-electron chi connectivity index (χ3n) is 6.25. The monoisotopic (exact) mass is 528 g/mol. The first-order chi connectivity index (χ1) is 17.4. The molecule has 0 radical (unpaired) electrons. The van der Waals surface area contributed by atoms with Crippen LogP contribution in [0, 0.1) is 0 Å². The van der Waals surface area contributed by atoms with E-state index < -0.39 is 29.2 Å². The van der Waals surface area contributed by atoms with Crippen LogP contribution in [0.1, 0.15) is 31.4 Å². The van der Waals surface area contributed by atoms with Gasteiger partial charge in [0, 0.05) is 28.8 Å². The highest BCUT2D eigenvalue weighted by atomic mass is 32.2. The molecule has 5 rings (SSSR count). The van der Waals surface area contributed by atoms with E-state index in [1.165, 1.54) is 16.7 Å². The van der Waals surface area contributed by atoms with Crippen LogP contribution >= 0.6 is 23.1 Å². The van der Waals surface area contributed by atoms with Gasteiger partial charge in [-0.25, -0.2) is 9.55 Å². The van der Waals surface area contributed by atoms with E-state index in [2.05, 4.69) is 15.5 Å². The molecule has 36 heavy (non-hydrogen) atoms. The third kappa shape index (κ3) is 4.80. The van der Waals surface area contributed by atoms with Crippen molar-refractivity contribution >= 4 is 51.7 Å². The summed E-state index contributed by atoms with van der Waals surface area (Å²) in [5, 5.41) is 20.1. The number of hydrogen-bond donors (Lipinski definition) is 2. The van der Waals surface area contributed by atoms with Crippen molar-refractivity contribution in [2.24, 2.45) is 5.16 Å². The number of aromatic nitrogens is 2. The zero-order chi connectivity index (χ0) is 25.2. The normalized spacial score (nSPS) is 22.3. The SMILES string of the molecule is Nc1nc(C(=NOC2CCCC2)C(=O)NC2C(=O)N3C(C(=O)[O-])=C(C[n+]4ccccc4)CS[C@H]23)cs1. The van der Waals surface area contributed by atoms with Crippen LogP contribution in [0.5, 0.6) is 0 Å². The molecule has 1 aliphatic carbocycles. The first-order valence-corrected chi connectivity index (χ1v) is 13.4. The average Bonchev–Trinajstić information content (AvgIpc) is 3.55. The maximum Gasteiger partial charge on any atom is 0.276 e. The molecule has 4 heterocycles. The maximum absolute atomic E-state index is 13.2.